The summed E-state index contributed by atoms with van der Waals surface area (Å²) in [6.45, 7) is -0.0508. The van der Waals surface area contributed by atoms with Crippen LogP contribution in [0.4, 0.5) is 18.2 Å². The van der Waals surface area contributed by atoms with Crippen LogP contribution in [0.5, 0.6) is 0 Å². The van der Waals surface area contributed by atoms with Gasteiger partial charge in [-0.15, -0.1) is 18.2 Å². The van der Waals surface area contributed by atoms with Gasteiger partial charge in [0.25, 0.3) is 5.91 Å². The molecule has 1 amide bonds. The van der Waals surface area contributed by atoms with E-state index in [-0.39, 0.29) is 17.5 Å². The van der Waals surface area contributed by atoms with Crippen molar-refractivity contribution in [1.29, 1.82) is 0 Å². The zero-order valence-corrected chi connectivity index (χ0v) is 16.1. The van der Waals surface area contributed by atoms with Crippen molar-refractivity contribution in [2.24, 2.45) is 0 Å². The molecule has 0 atom stereocenters. The zero-order chi connectivity index (χ0) is 19.9. The Morgan fingerprint density at radius 3 is 2.89 bits per heavy atom. The fourth-order valence-corrected chi connectivity index (χ4v) is 3.86. The SMILES string of the molecule is C#CCN(C(=O)/C=C/SCCC(F)(F)F)c1sc(-c2cccnc2)nc1Cl. The zero-order valence-electron chi connectivity index (χ0n) is 13.7. The van der Waals surface area contributed by atoms with Crippen molar-refractivity contribution in [1.82, 2.24) is 9.97 Å². The van der Waals surface area contributed by atoms with Crippen LogP contribution in [0.15, 0.2) is 36.0 Å². The van der Waals surface area contributed by atoms with E-state index in [0.717, 1.165) is 23.4 Å². The van der Waals surface area contributed by atoms with Gasteiger partial charge in [0.2, 0.25) is 0 Å². The van der Waals surface area contributed by atoms with Crippen molar-refractivity contribution in [2.75, 3.05) is 17.2 Å². The molecule has 4 nitrogen and oxygen atoms in total. The van der Waals surface area contributed by atoms with Crippen LogP contribution in [0.25, 0.3) is 10.6 Å². The fraction of sp³-hybridized carbons (Fsp3) is 0.235. The van der Waals surface area contributed by atoms with E-state index in [9.17, 15) is 18.0 Å². The number of hydrogen-bond acceptors (Lipinski definition) is 5. The summed E-state index contributed by atoms with van der Waals surface area (Å²) in [5, 5.41) is 2.36. The Morgan fingerprint density at radius 2 is 2.26 bits per heavy atom. The molecule has 10 heteroatoms. The molecule has 0 bridgehead atoms. The summed E-state index contributed by atoms with van der Waals surface area (Å²) in [4.78, 5) is 21.9. The topological polar surface area (TPSA) is 46.1 Å². The molecule has 0 aliphatic rings. The van der Waals surface area contributed by atoms with Gasteiger partial charge < -0.3 is 0 Å². The minimum atomic E-state index is -4.22. The lowest BCUT2D eigenvalue weighted by atomic mass is 10.3. The van der Waals surface area contributed by atoms with Crippen LogP contribution in [0.3, 0.4) is 0 Å². The van der Waals surface area contributed by atoms with Gasteiger partial charge in [0, 0.05) is 29.8 Å². The molecule has 2 aromatic rings. The van der Waals surface area contributed by atoms with Gasteiger partial charge in [-0.2, -0.15) is 13.2 Å². The van der Waals surface area contributed by atoms with Gasteiger partial charge in [0.05, 0.1) is 13.0 Å². The molecule has 0 radical (unpaired) electrons. The summed E-state index contributed by atoms with van der Waals surface area (Å²) in [5.74, 6) is 1.71. The van der Waals surface area contributed by atoms with Gasteiger partial charge in [0.15, 0.2) is 5.15 Å². The minimum absolute atomic E-state index is 0.0508. The van der Waals surface area contributed by atoms with Crippen molar-refractivity contribution in [3.05, 3.63) is 41.2 Å². The van der Waals surface area contributed by atoms with Crippen LogP contribution in [-0.4, -0.2) is 34.3 Å². The summed E-state index contributed by atoms with van der Waals surface area (Å²) >= 11 is 8.23. The fourth-order valence-electron chi connectivity index (χ4n) is 1.85. The van der Waals surface area contributed by atoms with Gasteiger partial charge in [-0.05, 0) is 17.5 Å². The Labute approximate surface area is 167 Å². The predicted molar refractivity (Wildman–Crippen MR) is 104 cm³/mol. The molecule has 0 N–H and O–H groups in total. The largest absolute Gasteiger partial charge is 0.389 e. The van der Waals surface area contributed by atoms with Crippen LogP contribution in [-0.2, 0) is 4.79 Å². The van der Waals surface area contributed by atoms with Crippen molar-refractivity contribution in [3.63, 3.8) is 0 Å². The Balaban J connectivity index is 2.11. The second-order valence-corrected chi connectivity index (χ2v) is 7.37. The lowest BCUT2D eigenvalue weighted by molar-refractivity contribution is -0.129. The number of carbonyl (C=O) groups excluding carboxylic acids is 1. The molecule has 0 aromatic carbocycles. The van der Waals surface area contributed by atoms with Crippen LogP contribution in [0, 0.1) is 12.3 Å². The Morgan fingerprint density at radius 1 is 1.48 bits per heavy atom. The van der Waals surface area contributed by atoms with E-state index >= 15 is 0 Å². The van der Waals surface area contributed by atoms with E-state index in [1.54, 1.807) is 24.5 Å². The molecule has 0 unspecified atom stereocenters. The molecule has 0 aliphatic heterocycles. The van der Waals surface area contributed by atoms with Crippen LogP contribution in [0.2, 0.25) is 5.15 Å². The quantitative estimate of drug-likeness (QED) is 0.350. The van der Waals surface area contributed by atoms with Crippen molar-refractivity contribution in [3.8, 4) is 22.9 Å². The number of thioether (sulfide) groups is 1. The number of thiazole rings is 1. The number of anilines is 1. The lowest BCUT2D eigenvalue weighted by Crippen LogP contribution is -2.29. The first kappa shape index (κ1) is 21.3. The maximum Gasteiger partial charge on any atom is 0.389 e. The smallest absolute Gasteiger partial charge is 0.286 e. The number of alkyl halides is 3. The highest BCUT2D eigenvalue weighted by Crippen LogP contribution is 2.37. The van der Waals surface area contributed by atoms with Crippen LogP contribution < -0.4 is 4.90 Å². The standard InChI is InChI=1S/C17H13ClF3N3OS2/c1-2-8-24(13(25)5-9-26-10-6-17(19,20)21)16-14(18)23-15(27-16)12-4-3-7-22-11-12/h1,3-5,7,9,11H,6,8,10H2/b9-5+. The first-order valence-electron chi connectivity index (χ1n) is 7.48. The number of halogens is 4. The van der Waals surface area contributed by atoms with Gasteiger partial charge in [0.1, 0.15) is 10.0 Å². The van der Waals surface area contributed by atoms with E-state index in [1.807, 2.05) is 0 Å². The molecular formula is C17H13ClF3N3OS2. The second-order valence-electron chi connectivity index (χ2n) is 5.02. The van der Waals surface area contributed by atoms with Gasteiger partial charge in [-0.25, -0.2) is 4.98 Å². The summed E-state index contributed by atoms with van der Waals surface area (Å²) < 4.78 is 36.4. The highest BCUT2D eigenvalue weighted by Gasteiger charge is 2.26. The highest BCUT2D eigenvalue weighted by atomic mass is 35.5. The predicted octanol–water partition coefficient (Wildman–Crippen LogP) is 5.02. The Hall–Kier alpha value is -2.02. The molecule has 2 rings (SSSR count). The van der Waals surface area contributed by atoms with Crippen molar-refractivity contribution in [2.45, 2.75) is 12.6 Å². The Bertz CT molecular complexity index is 847. The number of pyridine rings is 1. The summed E-state index contributed by atoms with van der Waals surface area (Å²) in [6.07, 6.45) is 4.58. The van der Waals surface area contributed by atoms with E-state index in [1.165, 1.54) is 21.6 Å². The average Bonchev–Trinajstić information content (AvgIpc) is 3.00. The third-order valence-corrected chi connectivity index (χ3v) is 5.32. The van der Waals surface area contributed by atoms with E-state index in [2.05, 4.69) is 15.9 Å². The summed E-state index contributed by atoms with van der Waals surface area (Å²) in [7, 11) is 0. The summed E-state index contributed by atoms with van der Waals surface area (Å²) in [6, 6.07) is 3.55. The maximum atomic E-state index is 12.4. The average molecular weight is 432 g/mol. The van der Waals surface area contributed by atoms with Crippen LogP contribution >= 0.6 is 34.7 Å². The molecule has 0 saturated carbocycles. The van der Waals surface area contributed by atoms with E-state index in [0.29, 0.717) is 10.0 Å². The number of terminal acetylenes is 1. The number of aromatic nitrogens is 2. The number of carbonyl (C=O) groups is 1. The van der Waals surface area contributed by atoms with Crippen molar-refractivity contribution >= 4 is 45.6 Å². The first-order chi connectivity index (χ1) is 12.8. The monoisotopic (exact) mass is 431 g/mol. The molecule has 0 saturated heterocycles. The van der Waals surface area contributed by atoms with Gasteiger partial charge in [-0.1, -0.05) is 28.9 Å². The molecular weight excluding hydrogens is 419 g/mol. The molecule has 0 fully saturated rings. The molecule has 0 aliphatic carbocycles. The minimum Gasteiger partial charge on any atom is -0.286 e. The highest BCUT2D eigenvalue weighted by molar-refractivity contribution is 8.02. The third kappa shape index (κ3) is 6.57. The Kier molecular flexibility index (Phi) is 7.71. The van der Waals surface area contributed by atoms with E-state index < -0.39 is 18.5 Å². The molecule has 27 heavy (non-hydrogen) atoms. The second kappa shape index (κ2) is 9.78. The number of rotatable bonds is 7. The molecule has 2 heterocycles. The lowest BCUT2D eigenvalue weighted by Gasteiger charge is -2.16. The van der Waals surface area contributed by atoms with Crippen LogP contribution in [0.1, 0.15) is 6.42 Å². The molecule has 2 aromatic heterocycles. The summed E-state index contributed by atoms with van der Waals surface area (Å²) in [5.41, 5.74) is 0.738. The third-order valence-electron chi connectivity index (χ3n) is 3.05. The van der Waals surface area contributed by atoms with Gasteiger partial charge >= 0.3 is 6.18 Å². The van der Waals surface area contributed by atoms with E-state index in [4.69, 9.17) is 18.0 Å². The number of amides is 1. The molecule has 0 spiro atoms. The number of hydrogen-bond donors (Lipinski definition) is 0. The maximum absolute atomic E-state index is 12.4. The van der Waals surface area contributed by atoms with Crippen molar-refractivity contribution < 1.29 is 18.0 Å². The molecule has 142 valence electrons. The first-order valence-corrected chi connectivity index (χ1v) is 9.72. The number of nitrogens with zero attached hydrogens (tertiary/aromatic N) is 3. The normalized spacial score (nSPS) is 11.5. The van der Waals surface area contributed by atoms with Gasteiger partial charge in [-0.3, -0.25) is 14.7 Å².